The van der Waals surface area contributed by atoms with Crippen LogP contribution in [0.4, 0.5) is 19.3 Å². The lowest BCUT2D eigenvalue weighted by atomic mass is 10.3. The van der Waals surface area contributed by atoms with Crippen LogP contribution in [-0.2, 0) is 4.79 Å². The highest BCUT2D eigenvalue weighted by Crippen LogP contribution is 2.15. The number of carbonyl (C=O) groups is 2. The van der Waals surface area contributed by atoms with Crippen molar-refractivity contribution >= 4 is 17.7 Å². The van der Waals surface area contributed by atoms with Gasteiger partial charge in [0.1, 0.15) is 11.6 Å². The van der Waals surface area contributed by atoms with Crippen LogP contribution in [0.5, 0.6) is 0 Å². The molecule has 1 aromatic carbocycles. The number of urea groups is 1. The Morgan fingerprint density at radius 2 is 2.05 bits per heavy atom. The molecule has 0 saturated heterocycles. The van der Waals surface area contributed by atoms with Gasteiger partial charge in [-0.1, -0.05) is 0 Å². The topological polar surface area (TPSA) is 69.6 Å². The number of amides is 2. The zero-order valence-corrected chi connectivity index (χ0v) is 10.3. The van der Waals surface area contributed by atoms with E-state index in [-0.39, 0.29) is 25.2 Å². The fraction of sp³-hybridized carbons (Fsp3) is 0.333. The molecule has 0 aromatic heterocycles. The molecule has 5 nitrogen and oxygen atoms in total. The maximum absolute atomic E-state index is 13.3. The molecular weight excluding hydrogens is 258 g/mol. The molecule has 104 valence electrons. The number of aliphatic carboxylic acids is 1. The van der Waals surface area contributed by atoms with E-state index in [1.165, 1.54) is 4.90 Å². The van der Waals surface area contributed by atoms with E-state index in [0.717, 1.165) is 12.1 Å². The molecule has 19 heavy (non-hydrogen) atoms. The number of nitrogens with zero attached hydrogens (tertiary/aromatic N) is 1. The van der Waals surface area contributed by atoms with Gasteiger partial charge < -0.3 is 15.3 Å². The zero-order valence-electron chi connectivity index (χ0n) is 10.3. The Hall–Kier alpha value is -2.18. The summed E-state index contributed by atoms with van der Waals surface area (Å²) in [5.74, 6) is -2.66. The lowest BCUT2D eigenvalue weighted by molar-refractivity contribution is -0.137. The predicted octanol–water partition coefficient (Wildman–Crippen LogP) is 2.29. The number of benzene rings is 1. The smallest absolute Gasteiger partial charge is 0.321 e. The van der Waals surface area contributed by atoms with E-state index in [9.17, 15) is 18.4 Å². The van der Waals surface area contributed by atoms with Crippen LogP contribution in [0.3, 0.4) is 0 Å². The molecule has 2 amide bonds. The Morgan fingerprint density at radius 1 is 1.37 bits per heavy atom. The minimum atomic E-state index is -1.03. The SMILES string of the molecule is CCN(CCC(=O)O)C(=O)Nc1ccc(F)cc1F. The lowest BCUT2D eigenvalue weighted by Crippen LogP contribution is -2.36. The Balaban J connectivity index is 2.68. The van der Waals surface area contributed by atoms with E-state index in [0.29, 0.717) is 6.07 Å². The van der Waals surface area contributed by atoms with Crippen LogP contribution in [0.2, 0.25) is 0 Å². The van der Waals surface area contributed by atoms with Crippen molar-refractivity contribution in [3.8, 4) is 0 Å². The summed E-state index contributed by atoms with van der Waals surface area (Å²) in [5.41, 5.74) is -0.153. The van der Waals surface area contributed by atoms with Crippen LogP contribution in [0.15, 0.2) is 18.2 Å². The molecule has 0 bridgehead atoms. The van der Waals surface area contributed by atoms with E-state index in [1.807, 2.05) is 0 Å². The third kappa shape index (κ3) is 4.53. The van der Waals surface area contributed by atoms with Gasteiger partial charge in [-0.2, -0.15) is 0 Å². The first-order valence-corrected chi connectivity index (χ1v) is 5.66. The molecule has 0 aliphatic heterocycles. The second-order valence-corrected chi connectivity index (χ2v) is 3.78. The van der Waals surface area contributed by atoms with Gasteiger partial charge in [0, 0.05) is 19.2 Å². The van der Waals surface area contributed by atoms with Crippen molar-refractivity contribution < 1.29 is 23.5 Å². The van der Waals surface area contributed by atoms with Gasteiger partial charge in [0.05, 0.1) is 12.1 Å². The molecule has 1 rings (SSSR count). The van der Waals surface area contributed by atoms with Gasteiger partial charge in [-0.3, -0.25) is 4.79 Å². The third-order valence-corrected chi connectivity index (χ3v) is 2.44. The lowest BCUT2D eigenvalue weighted by Gasteiger charge is -2.20. The van der Waals surface area contributed by atoms with Crippen molar-refractivity contribution in [3.05, 3.63) is 29.8 Å². The average molecular weight is 272 g/mol. The number of rotatable bonds is 5. The summed E-state index contributed by atoms with van der Waals surface area (Å²) >= 11 is 0. The van der Waals surface area contributed by atoms with Crippen molar-refractivity contribution in [2.24, 2.45) is 0 Å². The summed E-state index contributed by atoms with van der Waals surface area (Å²) in [6, 6.07) is 2.15. The minimum Gasteiger partial charge on any atom is -0.481 e. The Kier molecular flexibility index (Phi) is 5.23. The summed E-state index contributed by atoms with van der Waals surface area (Å²) < 4.78 is 26.0. The van der Waals surface area contributed by atoms with Gasteiger partial charge in [-0.25, -0.2) is 13.6 Å². The highest BCUT2D eigenvalue weighted by Gasteiger charge is 2.15. The number of anilines is 1. The van der Waals surface area contributed by atoms with E-state index in [2.05, 4.69) is 5.32 Å². The predicted molar refractivity (Wildman–Crippen MR) is 64.9 cm³/mol. The number of carbonyl (C=O) groups excluding carboxylic acids is 1. The molecule has 7 heteroatoms. The Morgan fingerprint density at radius 3 is 2.58 bits per heavy atom. The molecule has 0 heterocycles. The number of hydrogen-bond donors (Lipinski definition) is 2. The van der Waals surface area contributed by atoms with Crippen molar-refractivity contribution in [2.75, 3.05) is 18.4 Å². The van der Waals surface area contributed by atoms with E-state index in [1.54, 1.807) is 6.92 Å². The van der Waals surface area contributed by atoms with Crippen LogP contribution in [0.25, 0.3) is 0 Å². The van der Waals surface area contributed by atoms with Crippen molar-refractivity contribution in [3.63, 3.8) is 0 Å². The second-order valence-electron chi connectivity index (χ2n) is 3.78. The van der Waals surface area contributed by atoms with Crippen molar-refractivity contribution in [1.29, 1.82) is 0 Å². The minimum absolute atomic E-state index is 0.0144. The van der Waals surface area contributed by atoms with Gasteiger partial charge >= 0.3 is 12.0 Å². The summed E-state index contributed by atoms with van der Waals surface area (Å²) in [6.45, 7) is 1.96. The number of carboxylic acids is 1. The highest BCUT2D eigenvalue weighted by molar-refractivity contribution is 5.89. The fourth-order valence-electron chi connectivity index (χ4n) is 1.42. The second kappa shape index (κ2) is 6.67. The molecule has 0 spiro atoms. The van der Waals surface area contributed by atoms with E-state index in [4.69, 9.17) is 5.11 Å². The quantitative estimate of drug-likeness (QED) is 0.864. The molecule has 2 N–H and O–H groups in total. The van der Waals surface area contributed by atoms with Gasteiger partial charge in [-0.05, 0) is 19.1 Å². The van der Waals surface area contributed by atoms with Crippen molar-refractivity contribution in [1.82, 2.24) is 4.90 Å². The highest BCUT2D eigenvalue weighted by atomic mass is 19.1. The molecule has 0 radical (unpaired) electrons. The van der Waals surface area contributed by atoms with Crippen LogP contribution < -0.4 is 5.32 Å². The number of halogens is 2. The number of hydrogen-bond acceptors (Lipinski definition) is 2. The summed E-state index contributed by atoms with van der Waals surface area (Å²) in [4.78, 5) is 23.4. The first-order chi connectivity index (χ1) is 8.93. The normalized spacial score (nSPS) is 10.1. The fourth-order valence-corrected chi connectivity index (χ4v) is 1.42. The summed E-state index contributed by atoms with van der Waals surface area (Å²) in [5, 5.41) is 10.8. The maximum Gasteiger partial charge on any atom is 0.321 e. The van der Waals surface area contributed by atoms with Crippen LogP contribution >= 0.6 is 0 Å². The molecule has 0 aliphatic rings. The molecule has 0 fully saturated rings. The Bertz CT molecular complexity index is 480. The van der Waals surface area contributed by atoms with E-state index >= 15 is 0 Å². The van der Waals surface area contributed by atoms with Gasteiger partial charge in [0.15, 0.2) is 0 Å². The van der Waals surface area contributed by atoms with Gasteiger partial charge in [-0.15, -0.1) is 0 Å². The molecule has 0 unspecified atom stereocenters. The summed E-state index contributed by atoms with van der Waals surface area (Å²) in [6.07, 6.45) is -0.201. The van der Waals surface area contributed by atoms with Crippen molar-refractivity contribution in [2.45, 2.75) is 13.3 Å². The molecule has 0 atom stereocenters. The molecular formula is C12H14F2N2O3. The zero-order chi connectivity index (χ0) is 14.4. The summed E-state index contributed by atoms with van der Waals surface area (Å²) in [7, 11) is 0. The average Bonchev–Trinajstić information content (AvgIpc) is 2.33. The first-order valence-electron chi connectivity index (χ1n) is 5.66. The standard InChI is InChI=1S/C12H14F2N2O3/c1-2-16(6-5-11(17)18)12(19)15-10-4-3-8(13)7-9(10)14/h3-4,7H,2,5-6H2,1H3,(H,15,19)(H,17,18). The molecule has 0 saturated carbocycles. The molecule has 1 aromatic rings. The van der Waals surface area contributed by atoms with Crippen LogP contribution in [0, 0.1) is 11.6 Å². The number of nitrogens with one attached hydrogen (secondary N) is 1. The molecule has 0 aliphatic carbocycles. The first kappa shape index (κ1) is 14.9. The third-order valence-electron chi connectivity index (χ3n) is 2.44. The monoisotopic (exact) mass is 272 g/mol. The van der Waals surface area contributed by atoms with Crippen LogP contribution in [0.1, 0.15) is 13.3 Å². The largest absolute Gasteiger partial charge is 0.481 e. The Labute approximate surface area is 108 Å². The maximum atomic E-state index is 13.3. The van der Waals surface area contributed by atoms with Gasteiger partial charge in [0.25, 0.3) is 0 Å². The van der Waals surface area contributed by atoms with Gasteiger partial charge in [0.2, 0.25) is 0 Å². The number of carboxylic acid groups (broad SMARTS) is 1. The van der Waals surface area contributed by atoms with E-state index < -0.39 is 23.6 Å². The van der Waals surface area contributed by atoms with Crippen LogP contribution in [-0.4, -0.2) is 35.1 Å².